The van der Waals surface area contributed by atoms with E-state index in [1.54, 1.807) is 25.3 Å². The van der Waals surface area contributed by atoms with Gasteiger partial charge >= 0.3 is 0 Å². The number of anilines is 1. The fraction of sp³-hybridized carbons (Fsp3) is 0.273. The highest BCUT2D eigenvalue weighted by molar-refractivity contribution is 14.0. The number of amides is 1. The lowest BCUT2D eigenvalue weighted by atomic mass is 10.1. The Morgan fingerprint density at radius 2 is 1.93 bits per heavy atom. The van der Waals surface area contributed by atoms with Crippen molar-refractivity contribution in [1.82, 2.24) is 10.6 Å². The Morgan fingerprint density at radius 1 is 1.17 bits per heavy atom. The second-order valence-electron chi connectivity index (χ2n) is 5.99. The van der Waals surface area contributed by atoms with E-state index in [1.165, 1.54) is 5.56 Å². The van der Waals surface area contributed by atoms with Crippen molar-refractivity contribution in [2.45, 2.75) is 13.3 Å². The van der Waals surface area contributed by atoms with E-state index in [2.05, 4.69) is 26.9 Å². The Morgan fingerprint density at radius 3 is 2.59 bits per heavy atom. The summed E-state index contributed by atoms with van der Waals surface area (Å²) < 4.78 is 5.16. The van der Waals surface area contributed by atoms with Crippen LogP contribution in [0.15, 0.2) is 53.5 Å². The molecule has 6 nitrogen and oxygen atoms in total. The average Bonchev–Trinajstić information content (AvgIpc) is 2.72. The number of terminal acetylenes is 1. The van der Waals surface area contributed by atoms with E-state index in [0.29, 0.717) is 24.7 Å². The van der Waals surface area contributed by atoms with Gasteiger partial charge in [0.15, 0.2) is 5.96 Å². The Bertz CT molecular complexity index is 845. The number of benzene rings is 2. The van der Waals surface area contributed by atoms with Crippen LogP contribution in [-0.2, 0) is 11.2 Å². The van der Waals surface area contributed by atoms with Crippen LogP contribution in [0.5, 0.6) is 5.75 Å². The summed E-state index contributed by atoms with van der Waals surface area (Å²) >= 11 is 0. The van der Waals surface area contributed by atoms with Gasteiger partial charge in [-0.2, -0.15) is 0 Å². The summed E-state index contributed by atoms with van der Waals surface area (Å²) in [6, 6.07) is 15.1. The minimum Gasteiger partial charge on any atom is -0.497 e. The van der Waals surface area contributed by atoms with Crippen molar-refractivity contribution in [3.05, 3.63) is 59.7 Å². The molecule has 2 aromatic rings. The smallest absolute Gasteiger partial charge is 0.246 e. The van der Waals surface area contributed by atoms with Gasteiger partial charge < -0.3 is 20.7 Å². The molecule has 29 heavy (non-hydrogen) atoms. The van der Waals surface area contributed by atoms with Crippen molar-refractivity contribution < 1.29 is 9.53 Å². The third kappa shape index (κ3) is 8.87. The number of aliphatic imine (C=N–C) groups is 1. The monoisotopic (exact) mass is 506 g/mol. The maximum atomic E-state index is 12.1. The van der Waals surface area contributed by atoms with Crippen LogP contribution < -0.4 is 20.7 Å². The van der Waals surface area contributed by atoms with Crippen molar-refractivity contribution in [3.63, 3.8) is 0 Å². The molecule has 2 rings (SSSR count). The average molecular weight is 506 g/mol. The van der Waals surface area contributed by atoms with Gasteiger partial charge in [-0.3, -0.25) is 4.79 Å². The molecule has 0 unspecified atom stereocenters. The fourth-order valence-corrected chi connectivity index (χ4v) is 2.50. The first-order valence-corrected chi connectivity index (χ1v) is 9.16. The summed E-state index contributed by atoms with van der Waals surface area (Å²) in [5.74, 6) is 3.78. The lowest BCUT2D eigenvalue weighted by molar-refractivity contribution is -0.114. The standard InChI is InChI=1S/C22H26N4O2.HI/c1-4-17-7-6-8-19(15-17)26-21(27)16-25-22(23-5-2)24-14-13-18-9-11-20(28-3)12-10-18;/h1,6-12,15H,5,13-14,16H2,2-3H3,(H,26,27)(H2,23,24,25);1H. The topological polar surface area (TPSA) is 74.8 Å². The van der Waals surface area contributed by atoms with Crippen LogP contribution in [0.1, 0.15) is 18.1 Å². The van der Waals surface area contributed by atoms with E-state index in [4.69, 9.17) is 11.2 Å². The predicted molar refractivity (Wildman–Crippen MR) is 129 cm³/mol. The Balaban J connectivity index is 0.00000420. The summed E-state index contributed by atoms with van der Waals surface area (Å²) in [7, 11) is 1.65. The van der Waals surface area contributed by atoms with Gasteiger partial charge in [-0.25, -0.2) is 4.99 Å². The van der Waals surface area contributed by atoms with Gasteiger partial charge in [0, 0.05) is 24.3 Å². The Hall–Kier alpha value is -2.73. The van der Waals surface area contributed by atoms with E-state index in [1.807, 2.05) is 37.3 Å². The van der Waals surface area contributed by atoms with Gasteiger partial charge in [0.05, 0.1) is 7.11 Å². The first-order chi connectivity index (χ1) is 13.6. The van der Waals surface area contributed by atoms with Crippen LogP contribution >= 0.6 is 24.0 Å². The second-order valence-corrected chi connectivity index (χ2v) is 5.99. The third-order valence-corrected chi connectivity index (χ3v) is 3.90. The molecule has 0 aliphatic heterocycles. The number of ether oxygens (including phenoxy) is 1. The fourth-order valence-electron chi connectivity index (χ4n) is 2.50. The summed E-state index contributed by atoms with van der Waals surface area (Å²) in [6.07, 6.45) is 6.21. The van der Waals surface area contributed by atoms with Crippen LogP contribution in [0.2, 0.25) is 0 Å². The summed E-state index contributed by atoms with van der Waals surface area (Å²) in [4.78, 5) is 16.5. The normalized spacial score (nSPS) is 10.3. The molecule has 0 spiro atoms. The predicted octanol–water partition coefficient (Wildman–Crippen LogP) is 3.03. The van der Waals surface area contributed by atoms with Crippen LogP contribution in [0.3, 0.4) is 0 Å². The highest BCUT2D eigenvalue weighted by Gasteiger charge is 2.04. The zero-order valence-corrected chi connectivity index (χ0v) is 19.0. The highest BCUT2D eigenvalue weighted by atomic mass is 127. The molecule has 0 bridgehead atoms. The molecule has 154 valence electrons. The lowest BCUT2D eigenvalue weighted by Gasteiger charge is -2.11. The van der Waals surface area contributed by atoms with Crippen molar-refractivity contribution >= 4 is 41.5 Å². The number of nitrogens with one attached hydrogen (secondary N) is 3. The molecule has 0 saturated heterocycles. The van der Waals surface area contributed by atoms with Crippen LogP contribution in [-0.4, -0.2) is 38.6 Å². The number of halogens is 1. The van der Waals surface area contributed by atoms with Gasteiger partial charge in [0.2, 0.25) is 5.91 Å². The lowest BCUT2D eigenvalue weighted by Crippen LogP contribution is -2.39. The zero-order chi connectivity index (χ0) is 20.2. The molecule has 0 atom stereocenters. The second kappa shape index (κ2) is 13.4. The highest BCUT2D eigenvalue weighted by Crippen LogP contribution is 2.11. The number of carbonyl (C=O) groups is 1. The maximum Gasteiger partial charge on any atom is 0.246 e. The molecule has 2 aromatic carbocycles. The molecule has 0 aromatic heterocycles. The number of hydrogen-bond donors (Lipinski definition) is 3. The third-order valence-electron chi connectivity index (χ3n) is 3.90. The molecular formula is C22H27IN4O2. The summed E-state index contributed by atoms with van der Waals surface area (Å²) in [5, 5.41) is 9.17. The minimum atomic E-state index is -0.207. The largest absolute Gasteiger partial charge is 0.497 e. The molecule has 1 amide bonds. The van der Waals surface area contributed by atoms with E-state index in [9.17, 15) is 4.79 Å². The molecule has 0 fully saturated rings. The van der Waals surface area contributed by atoms with Gasteiger partial charge in [-0.1, -0.05) is 24.1 Å². The molecule has 3 N–H and O–H groups in total. The van der Waals surface area contributed by atoms with E-state index < -0.39 is 0 Å². The molecule has 0 aliphatic rings. The maximum absolute atomic E-state index is 12.1. The molecule has 0 radical (unpaired) electrons. The molecule has 0 heterocycles. The number of carbonyl (C=O) groups excluding carboxylic acids is 1. The number of hydrogen-bond acceptors (Lipinski definition) is 3. The number of guanidine groups is 1. The number of nitrogens with zero attached hydrogens (tertiary/aromatic N) is 1. The van der Waals surface area contributed by atoms with Gasteiger partial charge in [-0.05, 0) is 49.2 Å². The van der Waals surface area contributed by atoms with Gasteiger partial charge in [-0.15, -0.1) is 30.4 Å². The minimum absolute atomic E-state index is 0. The molecule has 7 heteroatoms. The number of rotatable bonds is 8. The number of methoxy groups -OCH3 is 1. The van der Waals surface area contributed by atoms with Gasteiger partial charge in [0.1, 0.15) is 12.3 Å². The van der Waals surface area contributed by atoms with Crippen molar-refractivity contribution in [2.75, 3.05) is 32.1 Å². The SMILES string of the molecule is C#Cc1cccc(NC(=O)CN=C(NCC)NCCc2ccc(OC)cc2)c1.I. The first kappa shape index (κ1) is 24.3. The van der Waals surface area contributed by atoms with Gasteiger partial charge in [0.25, 0.3) is 0 Å². The van der Waals surface area contributed by atoms with Crippen LogP contribution in [0.25, 0.3) is 0 Å². The van der Waals surface area contributed by atoms with E-state index in [0.717, 1.165) is 17.7 Å². The van der Waals surface area contributed by atoms with Crippen molar-refractivity contribution in [3.8, 4) is 18.1 Å². The Labute approximate surface area is 189 Å². The van der Waals surface area contributed by atoms with Crippen LogP contribution in [0, 0.1) is 12.3 Å². The van der Waals surface area contributed by atoms with Crippen molar-refractivity contribution in [1.29, 1.82) is 0 Å². The quantitative estimate of drug-likeness (QED) is 0.223. The Kier molecular flexibility index (Phi) is 11.3. The molecular weight excluding hydrogens is 479 g/mol. The summed E-state index contributed by atoms with van der Waals surface area (Å²) in [6.45, 7) is 3.40. The van der Waals surface area contributed by atoms with Crippen LogP contribution in [0.4, 0.5) is 5.69 Å². The molecule has 0 aliphatic carbocycles. The van der Waals surface area contributed by atoms with E-state index >= 15 is 0 Å². The zero-order valence-electron chi connectivity index (χ0n) is 16.7. The first-order valence-electron chi connectivity index (χ1n) is 9.16. The summed E-state index contributed by atoms with van der Waals surface area (Å²) in [5.41, 5.74) is 2.57. The van der Waals surface area contributed by atoms with Crippen molar-refractivity contribution in [2.24, 2.45) is 4.99 Å². The molecule has 0 saturated carbocycles. The van der Waals surface area contributed by atoms with E-state index in [-0.39, 0.29) is 36.4 Å².